The molecule has 0 spiro atoms. The summed E-state index contributed by atoms with van der Waals surface area (Å²) in [5, 5.41) is 9.08. The maximum Gasteiger partial charge on any atom is 0.191 e. The van der Waals surface area contributed by atoms with Crippen molar-refractivity contribution < 1.29 is 9.47 Å². The molecule has 2 heterocycles. The van der Waals surface area contributed by atoms with Gasteiger partial charge in [-0.3, -0.25) is 9.89 Å². The Morgan fingerprint density at radius 1 is 1.20 bits per heavy atom. The van der Waals surface area contributed by atoms with Crippen LogP contribution < -0.4 is 20.1 Å². The number of likely N-dealkylation sites (tertiary alicyclic amines) is 1. The molecular formula is C22H33IN4O2S. The molecule has 3 rings (SSSR count). The maximum absolute atomic E-state index is 5.68. The highest BCUT2D eigenvalue weighted by Crippen LogP contribution is 2.29. The molecule has 1 unspecified atom stereocenters. The van der Waals surface area contributed by atoms with E-state index >= 15 is 0 Å². The molecule has 0 saturated carbocycles. The van der Waals surface area contributed by atoms with Crippen LogP contribution in [0, 0.1) is 0 Å². The normalized spacial score (nSPS) is 15.4. The largest absolute Gasteiger partial charge is 0.493 e. The van der Waals surface area contributed by atoms with Gasteiger partial charge in [-0.2, -0.15) is 0 Å². The van der Waals surface area contributed by atoms with Gasteiger partial charge in [-0.25, -0.2) is 0 Å². The summed E-state index contributed by atoms with van der Waals surface area (Å²) < 4.78 is 11.0. The number of benzene rings is 1. The van der Waals surface area contributed by atoms with E-state index < -0.39 is 0 Å². The molecule has 1 aliphatic heterocycles. The molecule has 1 fully saturated rings. The van der Waals surface area contributed by atoms with Gasteiger partial charge in [-0.05, 0) is 62.0 Å². The van der Waals surface area contributed by atoms with Crippen molar-refractivity contribution in [1.29, 1.82) is 0 Å². The fourth-order valence-electron chi connectivity index (χ4n) is 3.64. The number of nitrogens with zero attached hydrogens (tertiary/aromatic N) is 2. The summed E-state index contributed by atoms with van der Waals surface area (Å²) in [6.45, 7) is 6.42. The zero-order valence-corrected chi connectivity index (χ0v) is 21.2. The van der Waals surface area contributed by atoms with Gasteiger partial charge in [0.2, 0.25) is 0 Å². The molecule has 8 heteroatoms. The second kappa shape index (κ2) is 13.0. The lowest BCUT2D eigenvalue weighted by Crippen LogP contribution is -2.42. The molecular weight excluding hydrogens is 511 g/mol. The molecule has 1 aromatic carbocycles. The van der Waals surface area contributed by atoms with E-state index in [2.05, 4.69) is 38.0 Å². The van der Waals surface area contributed by atoms with Crippen LogP contribution in [0.3, 0.4) is 0 Å². The van der Waals surface area contributed by atoms with Crippen LogP contribution in [0.4, 0.5) is 0 Å². The highest BCUT2D eigenvalue weighted by Gasteiger charge is 2.24. The highest BCUT2D eigenvalue weighted by molar-refractivity contribution is 14.0. The first-order valence-corrected chi connectivity index (χ1v) is 11.1. The Kier molecular flexibility index (Phi) is 10.7. The van der Waals surface area contributed by atoms with E-state index in [-0.39, 0.29) is 24.0 Å². The first kappa shape index (κ1) is 24.7. The molecule has 6 nitrogen and oxygen atoms in total. The Bertz CT molecular complexity index is 779. The van der Waals surface area contributed by atoms with Crippen molar-refractivity contribution in [2.24, 2.45) is 4.99 Å². The van der Waals surface area contributed by atoms with Crippen molar-refractivity contribution >= 4 is 41.3 Å². The molecule has 0 amide bonds. The van der Waals surface area contributed by atoms with Gasteiger partial charge in [-0.15, -0.1) is 35.3 Å². The maximum atomic E-state index is 5.68. The number of ether oxygens (including phenoxy) is 2. The Labute approximate surface area is 201 Å². The van der Waals surface area contributed by atoms with Crippen LogP contribution in [-0.4, -0.2) is 51.3 Å². The number of hydrogen-bond acceptors (Lipinski definition) is 5. The SMILES string of the molecule is CCOc1cc(CNC(=NC)NCC(c2cccs2)N2CCCC2)ccc1OC.I. The lowest BCUT2D eigenvalue weighted by atomic mass is 10.2. The minimum absolute atomic E-state index is 0. The summed E-state index contributed by atoms with van der Waals surface area (Å²) in [6.07, 6.45) is 2.57. The van der Waals surface area contributed by atoms with Crippen molar-refractivity contribution in [1.82, 2.24) is 15.5 Å². The lowest BCUT2D eigenvalue weighted by molar-refractivity contribution is 0.249. The van der Waals surface area contributed by atoms with Crippen LogP contribution in [-0.2, 0) is 6.54 Å². The van der Waals surface area contributed by atoms with E-state index in [1.165, 1.54) is 30.8 Å². The van der Waals surface area contributed by atoms with Crippen LogP contribution in [0.5, 0.6) is 11.5 Å². The number of guanidine groups is 1. The monoisotopic (exact) mass is 544 g/mol. The Hall–Kier alpha value is -1.52. The van der Waals surface area contributed by atoms with Crippen molar-refractivity contribution in [2.75, 3.05) is 40.4 Å². The molecule has 0 bridgehead atoms. The third-order valence-electron chi connectivity index (χ3n) is 5.13. The summed E-state index contributed by atoms with van der Waals surface area (Å²) in [4.78, 5) is 8.38. The van der Waals surface area contributed by atoms with Crippen molar-refractivity contribution in [3.05, 3.63) is 46.2 Å². The van der Waals surface area contributed by atoms with E-state index in [9.17, 15) is 0 Å². The third kappa shape index (κ3) is 6.75. The predicted octanol–water partition coefficient (Wildman–Crippen LogP) is 4.28. The van der Waals surface area contributed by atoms with Gasteiger partial charge in [0.05, 0.1) is 19.8 Å². The minimum atomic E-state index is 0. The van der Waals surface area contributed by atoms with Crippen LogP contribution in [0.25, 0.3) is 0 Å². The van der Waals surface area contributed by atoms with Crippen LogP contribution >= 0.6 is 35.3 Å². The highest BCUT2D eigenvalue weighted by atomic mass is 127. The van der Waals surface area contributed by atoms with Gasteiger partial charge in [0.1, 0.15) is 0 Å². The Balaban J connectivity index is 0.00000320. The minimum Gasteiger partial charge on any atom is -0.493 e. The summed E-state index contributed by atoms with van der Waals surface area (Å²) in [5.41, 5.74) is 1.12. The summed E-state index contributed by atoms with van der Waals surface area (Å²) >= 11 is 1.83. The van der Waals surface area contributed by atoms with Crippen LogP contribution in [0.2, 0.25) is 0 Å². The first-order valence-electron chi connectivity index (χ1n) is 10.3. The molecule has 1 aliphatic rings. The molecule has 1 atom stereocenters. The van der Waals surface area contributed by atoms with Gasteiger partial charge < -0.3 is 20.1 Å². The van der Waals surface area contributed by atoms with Crippen LogP contribution in [0.1, 0.15) is 36.2 Å². The van der Waals surface area contributed by atoms with E-state index in [0.29, 0.717) is 19.2 Å². The molecule has 2 N–H and O–H groups in total. The number of halogens is 1. The third-order valence-corrected chi connectivity index (χ3v) is 6.10. The predicted molar refractivity (Wildman–Crippen MR) is 136 cm³/mol. The molecule has 2 aromatic rings. The second-order valence-electron chi connectivity index (χ2n) is 7.00. The number of thiophene rings is 1. The number of rotatable bonds is 9. The summed E-state index contributed by atoms with van der Waals surface area (Å²) in [5.74, 6) is 2.33. The van der Waals surface area contributed by atoms with Crippen molar-refractivity contribution in [3.63, 3.8) is 0 Å². The number of nitrogens with one attached hydrogen (secondary N) is 2. The molecule has 1 saturated heterocycles. The fourth-order valence-corrected chi connectivity index (χ4v) is 4.50. The zero-order chi connectivity index (χ0) is 20.5. The topological polar surface area (TPSA) is 58.1 Å². The van der Waals surface area contributed by atoms with Crippen LogP contribution in [0.15, 0.2) is 40.7 Å². The van der Waals surface area contributed by atoms with E-state index in [4.69, 9.17) is 9.47 Å². The molecule has 30 heavy (non-hydrogen) atoms. The number of methoxy groups -OCH3 is 1. The standard InChI is InChI=1S/C22H32N4O2S.HI/c1-4-28-20-14-17(9-10-19(20)27-3)15-24-22(23-2)25-16-18(21-8-7-13-29-21)26-11-5-6-12-26;/h7-10,13-14,18H,4-6,11-12,15-16H2,1-3H3,(H2,23,24,25);1H. The number of aliphatic imine (C=N–C) groups is 1. The smallest absolute Gasteiger partial charge is 0.191 e. The van der Waals surface area contributed by atoms with Gasteiger partial charge in [0.25, 0.3) is 0 Å². The van der Waals surface area contributed by atoms with E-state index in [1.807, 2.05) is 43.5 Å². The average molecular weight is 545 g/mol. The summed E-state index contributed by atoms with van der Waals surface area (Å²) in [6, 6.07) is 10.8. The molecule has 166 valence electrons. The Morgan fingerprint density at radius 2 is 2.00 bits per heavy atom. The van der Waals surface area contributed by atoms with Gasteiger partial charge in [0.15, 0.2) is 17.5 Å². The fraction of sp³-hybridized carbons (Fsp3) is 0.500. The second-order valence-corrected chi connectivity index (χ2v) is 7.98. The van der Waals surface area contributed by atoms with Gasteiger partial charge in [-0.1, -0.05) is 12.1 Å². The molecule has 0 radical (unpaired) electrons. The van der Waals surface area contributed by atoms with Gasteiger partial charge >= 0.3 is 0 Å². The lowest BCUT2D eigenvalue weighted by Gasteiger charge is -2.27. The molecule has 1 aromatic heterocycles. The zero-order valence-electron chi connectivity index (χ0n) is 18.0. The average Bonchev–Trinajstić information content (AvgIpc) is 3.46. The summed E-state index contributed by atoms with van der Waals surface area (Å²) in [7, 11) is 3.47. The van der Waals surface area contributed by atoms with Gasteiger partial charge in [0, 0.05) is 25.0 Å². The number of hydrogen-bond donors (Lipinski definition) is 2. The Morgan fingerprint density at radius 3 is 2.63 bits per heavy atom. The van der Waals surface area contributed by atoms with E-state index in [1.54, 1.807) is 7.11 Å². The molecule has 0 aliphatic carbocycles. The van der Waals surface area contributed by atoms with Crippen molar-refractivity contribution in [2.45, 2.75) is 32.4 Å². The van der Waals surface area contributed by atoms with Crippen molar-refractivity contribution in [3.8, 4) is 11.5 Å². The first-order chi connectivity index (χ1) is 14.2. The quantitative estimate of drug-likeness (QED) is 0.281. The van der Waals surface area contributed by atoms with E-state index in [0.717, 1.165) is 29.6 Å².